The zero-order valence-electron chi connectivity index (χ0n) is 12.9. The number of rotatable bonds is 7. The minimum absolute atomic E-state index is 0.137. The first-order chi connectivity index (χ1) is 11.0. The van der Waals surface area contributed by atoms with Crippen molar-refractivity contribution < 1.29 is 14.8 Å². The third kappa shape index (κ3) is 3.54. The number of nitrogens with one attached hydrogen (secondary N) is 1. The first-order valence-electron chi connectivity index (χ1n) is 7.15. The minimum Gasteiger partial charge on any atom is -0.394 e. The summed E-state index contributed by atoms with van der Waals surface area (Å²) in [6, 6.07) is 3.93. The lowest BCUT2D eigenvalue weighted by atomic mass is 10.1. The zero-order valence-corrected chi connectivity index (χ0v) is 12.9. The Hall–Kier alpha value is -2.74. The number of aromatic nitrogens is 2. The number of nitro groups is 1. The van der Waals surface area contributed by atoms with Gasteiger partial charge in [0.15, 0.2) is 5.82 Å². The first kappa shape index (κ1) is 16.6. The van der Waals surface area contributed by atoms with E-state index in [1.165, 1.54) is 24.4 Å². The van der Waals surface area contributed by atoms with Crippen molar-refractivity contribution in [3.63, 3.8) is 0 Å². The van der Waals surface area contributed by atoms with Crippen LogP contribution >= 0.6 is 0 Å². The predicted molar refractivity (Wildman–Crippen MR) is 84.5 cm³/mol. The van der Waals surface area contributed by atoms with E-state index in [4.69, 9.17) is 0 Å². The van der Waals surface area contributed by atoms with Crippen molar-refractivity contribution in [2.24, 2.45) is 7.05 Å². The Morgan fingerprint density at radius 2 is 2.26 bits per heavy atom. The number of anilines is 1. The van der Waals surface area contributed by atoms with Crippen molar-refractivity contribution in [2.75, 3.05) is 11.9 Å². The molecule has 8 heteroatoms. The molecular weight excluding hydrogens is 300 g/mol. The molecule has 0 aliphatic heterocycles. The van der Waals surface area contributed by atoms with Crippen molar-refractivity contribution in [2.45, 2.75) is 19.4 Å². The summed E-state index contributed by atoms with van der Waals surface area (Å²) in [5, 5.41) is 23.4. The molecular formula is C15H18N4O4. The van der Waals surface area contributed by atoms with Gasteiger partial charge in [0.05, 0.1) is 11.5 Å². The average Bonchev–Trinajstić information content (AvgIpc) is 2.97. The van der Waals surface area contributed by atoms with Gasteiger partial charge in [-0.25, -0.2) is 4.98 Å². The summed E-state index contributed by atoms with van der Waals surface area (Å²) in [4.78, 5) is 27.1. The van der Waals surface area contributed by atoms with Crippen LogP contribution < -0.4 is 5.32 Å². The Labute approximate surface area is 132 Å². The smallest absolute Gasteiger partial charge is 0.293 e. The molecule has 0 spiro atoms. The summed E-state index contributed by atoms with van der Waals surface area (Å²) in [6.07, 6.45) is 3.73. The van der Waals surface area contributed by atoms with Crippen molar-refractivity contribution in [1.29, 1.82) is 0 Å². The van der Waals surface area contributed by atoms with Crippen LogP contribution in [0.1, 0.15) is 29.5 Å². The number of benzene rings is 1. The molecule has 2 N–H and O–H groups in total. The van der Waals surface area contributed by atoms with E-state index >= 15 is 0 Å². The number of aliphatic hydroxyl groups is 1. The van der Waals surface area contributed by atoms with E-state index in [9.17, 15) is 20.0 Å². The highest BCUT2D eigenvalue weighted by molar-refractivity contribution is 6.07. The monoisotopic (exact) mass is 318 g/mol. The quantitative estimate of drug-likeness (QED) is 0.457. The molecule has 8 nitrogen and oxygen atoms in total. The standard InChI is InChI=1S/C15H18N4O4/c1-3-11(9-20)17-12-5-4-10(8-13(12)19(22)23)14(21)15-16-6-7-18(15)2/h4-8,11,17,20H,3,9H2,1-2H3. The molecule has 1 aromatic carbocycles. The molecule has 0 saturated heterocycles. The largest absolute Gasteiger partial charge is 0.394 e. The Kier molecular flexibility index (Phi) is 5.07. The lowest BCUT2D eigenvalue weighted by molar-refractivity contribution is -0.384. The van der Waals surface area contributed by atoms with Gasteiger partial charge in [0.1, 0.15) is 5.69 Å². The van der Waals surface area contributed by atoms with Crippen LogP contribution in [0.15, 0.2) is 30.6 Å². The van der Waals surface area contributed by atoms with Crippen LogP contribution in [0.2, 0.25) is 0 Å². The van der Waals surface area contributed by atoms with E-state index < -0.39 is 4.92 Å². The molecule has 2 aromatic rings. The fourth-order valence-electron chi connectivity index (χ4n) is 2.16. The van der Waals surface area contributed by atoms with Crippen LogP contribution in [0.5, 0.6) is 0 Å². The second-order valence-corrected chi connectivity index (χ2v) is 5.11. The van der Waals surface area contributed by atoms with Gasteiger partial charge in [-0.05, 0) is 18.6 Å². The van der Waals surface area contributed by atoms with Crippen LogP contribution in [-0.4, -0.2) is 38.0 Å². The number of aliphatic hydroxyl groups excluding tert-OH is 1. The molecule has 0 saturated carbocycles. The van der Waals surface area contributed by atoms with Gasteiger partial charge >= 0.3 is 0 Å². The second kappa shape index (κ2) is 7.01. The number of ketones is 1. The molecule has 0 bridgehead atoms. The SMILES string of the molecule is CCC(CO)Nc1ccc(C(=O)c2nccn2C)cc1[N+](=O)[O-]. The van der Waals surface area contributed by atoms with Gasteiger partial charge in [0.25, 0.3) is 5.69 Å². The lowest BCUT2D eigenvalue weighted by Gasteiger charge is -2.15. The molecule has 1 heterocycles. The number of carbonyl (C=O) groups excluding carboxylic acids is 1. The third-order valence-electron chi connectivity index (χ3n) is 3.55. The van der Waals surface area contributed by atoms with E-state index in [1.807, 2.05) is 6.92 Å². The number of nitrogens with zero attached hydrogens (tertiary/aromatic N) is 3. The number of aryl methyl sites for hydroxylation is 1. The average molecular weight is 318 g/mol. The Morgan fingerprint density at radius 3 is 2.78 bits per heavy atom. The van der Waals surface area contributed by atoms with Gasteiger partial charge < -0.3 is 15.0 Å². The summed E-state index contributed by atoms with van der Waals surface area (Å²) in [7, 11) is 1.68. The maximum atomic E-state index is 12.4. The van der Waals surface area contributed by atoms with Gasteiger partial charge in [0.2, 0.25) is 5.78 Å². The molecule has 0 aliphatic rings. The number of nitro benzene ring substituents is 1. The van der Waals surface area contributed by atoms with Crippen LogP contribution in [-0.2, 0) is 7.05 Å². The highest BCUT2D eigenvalue weighted by atomic mass is 16.6. The molecule has 23 heavy (non-hydrogen) atoms. The summed E-state index contributed by atoms with van der Waals surface area (Å²) >= 11 is 0. The molecule has 0 amide bonds. The molecule has 0 radical (unpaired) electrons. The fraction of sp³-hybridized carbons (Fsp3) is 0.333. The normalized spacial score (nSPS) is 12.0. The second-order valence-electron chi connectivity index (χ2n) is 5.11. The van der Waals surface area contributed by atoms with Gasteiger partial charge in [-0.1, -0.05) is 6.92 Å². The fourth-order valence-corrected chi connectivity index (χ4v) is 2.16. The topological polar surface area (TPSA) is 110 Å². The van der Waals surface area contributed by atoms with E-state index in [2.05, 4.69) is 10.3 Å². The number of hydrogen-bond donors (Lipinski definition) is 2. The molecule has 2 rings (SSSR count). The van der Waals surface area contributed by atoms with E-state index in [-0.39, 0.29) is 41.2 Å². The molecule has 122 valence electrons. The van der Waals surface area contributed by atoms with Crippen LogP contribution in [0.25, 0.3) is 0 Å². The maximum absolute atomic E-state index is 12.4. The Morgan fingerprint density at radius 1 is 1.52 bits per heavy atom. The van der Waals surface area contributed by atoms with Crippen LogP contribution in [0.4, 0.5) is 11.4 Å². The van der Waals surface area contributed by atoms with E-state index in [0.29, 0.717) is 6.42 Å². The van der Waals surface area contributed by atoms with Crippen molar-refractivity contribution in [1.82, 2.24) is 9.55 Å². The molecule has 0 aliphatic carbocycles. The Balaban J connectivity index is 2.38. The number of imidazole rings is 1. The van der Waals surface area contributed by atoms with Crippen LogP contribution in [0.3, 0.4) is 0 Å². The van der Waals surface area contributed by atoms with Gasteiger partial charge in [-0.2, -0.15) is 0 Å². The van der Waals surface area contributed by atoms with E-state index in [1.54, 1.807) is 17.8 Å². The zero-order chi connectivity index (χ0) is 17.0. The predicted octanol–water partition coefficient (Wildman–Crippen LogP) is 1.74. The van der Waals surface area contributed by atoms with Gasteiger partial charge in [-0.15, -0.1) is 0 Å². The summed E-state index contributed by atoms with van der Waals surface area (Å²) in [5.41, 5.74) is 0.248. The number of carbonyl (C=O) groups is 1. The summed E-state index contributed by atoms with van der Waals surface area (Å²) in [5.74, 6) is -0.178. The summed E-state index contributed by atoms with van der Waals surface area (Å²) in [6.45, 7) is 1.72. The highest BCUT2D eigenvalue weighted by Gasteiger charge is 2.21. The van der Waals surface area contributed by atoms with Crippen molar-refractivity contribution in [3.05, 3.63) is 52.1 Å². The molecule has 0 fully saturated rings. The molecule has 1 aromatic heterocycles. The van der Waals surface area contributed by atoms with Crippen LogP contribution in [0, 0.1) is 10.1 Å². The molecule has 1 unspecified atom stereocenters. The van der Waals surface area contributed by atoms with Crippen molar-refractivity contribution >= 4 is 17.2 Å². The molecule has 1 atom stereocenters. The minimum atomic E-state index is -0.554. The lowest BCUT2D eigenvalue weighted by Crippen LogP contribution is -2.23. The Bertz CT molecular complexity index is 722. The number of hydrogen-bond acceptors (Lipinski definition) is 6. The summed E-state index contributed by atoms with van der Waals surface area (Å²) < 4.78 is 1.55. The first-order valence-corrected chi connectivity index (χ1v) is 7.15. The van der Waals surface area contributed by atoms with Gasteiger partial charge in [-0.3, -0.25) is 14.9 Å². The van der Waals surface area contributed by atoms with E-state index in [0.717, 1.165) is 0 Å². The maximum Gasteiger partial charge on any atom is 0.293 e. The highest BCUT2D eigenvalue weighted by Crippen LogP contribution is 2.27. The third-order valence-corrected chi connectivity index (χ3v) is 3.55. The van der Waals surface area contributed by atoms with Crippen molar-refractivity contribution in [3.8, 4) is 0 Å². The van der Waals surface area contributed by atoms with Gasteiger partial charge in [0, 0.05) is 37.1 Å².